The molecule has 16 heavy (non-hydrogen) atoms. The van der Waals surface area contributed by atoms with Crippen LogP contribution in [0.25, 0.3) is 11.1 Å². The maximum absolute atomic E-state index is 2.26. The van der Waals surface area contributed by atoms with Crippen LogP contribution in [0.3, 0.4) is 0 Å². The molecule has 2 aromatic rings. The molecule has 0 bridgehead atoms. The van der Waals surface area contributed by atoms with E-state index in [1.165, 1.54) is 33.2 Å². The largest absolute Gasteiger partial charge is 0.139 e. The molecule has 0 heterocycles. The molecule has 0 aromatic heterocycles. The molecule has 0 saturated carbocycles. The van der Waals surface area contributed by atoms with Crippen LogP contribution in [-0.2, 0) is 0 Å². The van der Waals surface area contributed by atoms with Crippen molar-refractivity contribution in [3.8, 4) is 11.1 Å². The van der Waals surface area contributed by atoms with Crippen molar-refractivity contribution < 1.29 is 0 Å². The van der Waals surface area contributed by atoms with Crippen LogP contribution in [0.1, 0.15) is 11.1 Å². The average Bonchev–Trinajstić information content (AvgIpc) is 2.26. The summed E-state index contributed by atoms with van der Waals surface area (Å²) in [5, 5.41) is 0. The van der Waals surface area contributed by atoms with E-state index < -0.39 is 0 Å². The van der Waals surface area contributed by atoms with Gasteiger partial charge in [-0.2, -0.15) is 0 Å². The molecule has 0 atom stereocenters. The number of rotatable bonds is 1. The minimum Gasteiger partial charge on any atom is -0.0855 e. The second-order valence-corrected chi connectivity index (χ2v) is 4.60. The lowest BCUT2D eigenvalue weighted by atomic mass is 9.85. The third kappa shape index (κ3) is 2.06. The Morgan fingerprint density at radius 1 is 0.688 bits per heavy atom. The number of benzene rings is 2. The third-order valence-electron chi connectivity index (χ3n) is 3.35. The van der Waals surface area contributed by atoms with Crippen molar-refractivity contribution in [2.24, 2.45) is 0 Å². The van der Waals surface area contributed by atoms with Crippen molar-refractivity contribution in [1.29, 1.82) is 0 Å². The molecule has 0 saturated heterocycles. The minimum absolute atomic E-state index is 1.31. The van der Waals surface area contributed by atoms with Crippen LogP contribution >= 0.6 is 0 Å². The van der Waals surface area contributed by atoms with Crippen molar-refractivity contribution >= 4 is 26.6 Å². The van der Waals surface area contributed by atoms with Gasteiger partial charge in [-0.05, 0) is 25.0 Å². The Bertz CT molecular complexity index is 481. The quantitative estimate of drug-likeness (QED) is 0.595. The van der Waals surface area contributed by atoms with E-state index in [-0.39, 0.29) is 0 Å². The summed E-state index contributed by atoms with van der Waals surface area (Å²) in [5.74, 6) is 0. The predicted molar refractivity (Wildman–Crippen MR) is 77.7 cm³/mol. The first-order chi connectivity index (χ1) is 7.58. The highest BCUT2D eigenvalue weighted by Crippen LogP contribution is 2.17. The van der Waals surface area contributed by atoms with Crippen LogP contribution in [0.5, 0.6) is 0 Å². The van der Waals surface area contributed by atoms with Gasteiger partial charge in [-0.25, -0.2) is 0 Å². The molecule has 0 unspecified atom stereocenters. The summed E-state index contributed by atoms with van der Waals surface area (Å²) >= 11 is 0. The second-order valence-electron chi connectivity index (χ2n) is 4.60. The Hall–Kier alpha value is -1.43. The minimum atomic E-state index is 1.31. The van der Waals surface area contributed by atoms with E-state index in [9.17, 15) is 0 Å². The van der Waals surface area contributed by atoms with Crippen LogP contribution in [0.15, 0.2) is 36.4 Å². The SMILES string of the molecule is Bc1cc(-c2ccc(C)c(B)c2)ccc1C. The van der Waals surface area contributed by atoms with Crippen LogP contribution in [0.4, 0.5) is 0 Å². The summed E-state index contributed by atoms with van der Waals surface area (Å²) in [6.45, 7) is 4.30. The molecule has 0 aliphatic heterocycles. The number of hydrogen-bond donors (Lipinski definition) is 0. The number of aryl methyl sites for hydroxylation is 2. The lowest BCUT2D eigenvalue weighted by Gasteiger charge is -2.08. The first-order valence-corrected chi connectivity index (χ1v) is 5.73. The van der Waals surface area contributed by atoms with Gasteiger partial charge >= 0.3 is 0 Å². The highest BCUT2D eigenvalue weighted by molar-refractivity contribution is 6.34. The Balaban J connectivity index is 2.50. The first kappa shape index (κ1) is 11.1. The lowest BCUT2D eigenvalue weighted by molar-refractivity contribution is 1.49. The van der Waals surface area contributed by atoms with Crippen LogP contribution < -0.4 is 10.9 Å². The van der Waals surface area contributed by atoms with Gasteiger partial charge in [0.05, 0.1) is 0 Å². The van der Waals surface area contributed by atoms with Crippen molar-refractivity contribution in [3.63, 3.8) is 0 Å². The van der Waals surface area contributed by atoms with Crippen LogP contribution in [0, 0.1) is 13.8 Å². The Morgan fingerprint density at radius 2 is 1.06 bits per heavy atom. The molecule has 2 aromatic carbocycles. The van der Waals surface area contributed by atoms with Crippen LogP contribution in [-0.4, -0.2) is 15.7 Å². The smallest absolute Gasteiger partial charge is 0.0855 e. The molecule has 0 aliphatic rings. The van der Waals surface area contributed by atoms with E-state index in [1.54, 1.807) is 0 Å². The van der Waals surface area contributed by atoms with Gasteiger partial charge in [-0.15, -0.1) is 0 Å². The topological polar surface area (TPSA) is 0 Å². The fourth-order valence-corrected chi connectivity index (χ4v) is 1.84. The standard InChI is InChI=1S/C14H16B2/c1-9-3-5-11(7-13(9)15)12-6-4-10(2)14(16)8-12/h3-8H,15-16H2,1-2H3. The molecule has 0 fully saturated rings. The van der Waals surface area contributed by atoms with Gasteiger partial charge in [0.25, 0.3) is 0 Å². The van der Waals surface area contributed by atoms with E-state index in [0.717, 1.165) is 0 Å². The van der Waals surface area contributed by atoms with E-state index in [1.807, 2.05) is 0 Å². The molecule has 0 spiro atoms. The molecule has 0 N–H and O–H groups in total. The highest BCUT2D eigenvalue weighted by Gasteiger charge is 2.01. The molecule has 0 nitrogen and oxygen atoms in total. The fourth-order valence-electron chi connectivity index (χ4n) is 1.84. The zero-order valence-corrected chi connectivity index (χ0v) is 10.5. The van der Waals surface area contributed by atoms with E-state index >= 15 is 0 Å². The lowest BCUT2D eigenvalue weighted by Crippen LogP contribution is -2.09. The van der Waals surface area contributed by atoms with Gasteiger partial charge in [-0.3, -0.25) is 0 Å². The fraction of sp³-hybridized carbons (Fsp3) is 0.143. The molecule has 78 valence electrons. The van der Waals surface area contributed by atoms with E-state index in [0.29, 0.717) is 0 Å². The molecule has 0 aliphatic carbocycles. The maximum atomic E-state index is 2.26. The monoisotopic (exact) mass is 206 g/mol. The zero-order chi connectivity index (χ0) is 11.7. The average molecular weight is 206 g/mol. The molecule has 0 amide bonds. The Kier molecular flexibility index (Phi) is 2.91. The first-order valence-electron chi connectivity index (χ1n) is 5.73. The Morgan fingerprint density at radius 3 is 1.38 bits per heavy atom. The summed E-state index contributed by atoms with van der Waals surface area (Å²) in [6.07, 6.45) is 0. The van der Waals surface area contributed by atoms with Gasteiger partial charge in [0.15, 0.2) is 0 Å². The highest BCUT2D eigenvalue weighted by atomic mass is 14.0. The summed E-state index contributed by atoms with van der Waals surface area (Å²) < 4.78 is 0. The zero-order valence-electron chi connectivity index (χ0n) is 10.5. The summed E-state index contributed by atoms with van der Waals surface area (Å²) in [6, 6.07) is 13.3. The van der Waals surface area contributed by atoms with Crippen molar-refractivity contribution in [2.45, 2.75) is 13.8 Å². The molecule has 0 radical (unpaired) electrons. The second kappa shape index (κ2) is 4.21. The van der Waals surface area contributed by atoms with Crippen molar-refractivity contribution in [3.05, 3.63) is 47.5 Å². The summed E-state index contributed by atoms with van der Waals surface area (Å²) in [5.41, 5.74) is 8.05. The van der Waals surface area contributed by atoms with Gasteiger partial charge in [0, 0.05) is 0 Å². The molecule has 2 heteroatoms. The van der Waals surface area contributed by atoms with Gasteiger partial charge in [0.2, 0.25) is 0 Å². The van der Waals surface area contributed by atoms with Crippen LogP contribution in [0.2, 0.25) is 0 Å². The molecular formula is C14H16B2. The summed E-state index contributed by atoms with van der Waals surface area (Å²) in [4.78, 5) is 0. The van der Waals surface area contributed by atoms with Crippen molar-refractivity contribution in [2.75, 3.05) is 0 Å². The van der Waals surface area contributed by atoms with E-state index in [4.69, 9.17) is 0 Å². The van der Waals surface area contributed by atoms with Crippen molar-refractivity contribution in [1.82, 2.24) is 0 Å². The van der Waals surface area contributed by atoms with Gasteiger partial charge in [-0.1, -0.05) is 58.5 Å². The van der Waals surface area contributed by atoms with Gasteiger partial charge in [0.1, 0.15) is 15.7 Å². The Labute approximate surface area is 99.5 Å². The van der Waals surface area contributed by atoms with Gasteiger partial charge < -0.3 is 0 Å². The predicted octanol–water partition coefficient (Wildman–Crippen LogP) is 0.487. The normalized spacial score (nSPS) is 10.4. The number of hydrogen-bond acceptors (Lipinski definition) is 0. The van der Waals surface area contributed by atoms with E-state index in [2.05, 4.69) is 65.9 Å². The maximum Gasteiger partial charge on any atom is 0.139 e. The molecular weight excluding hydrogens is 190 g/mol. The third-order valence-corrected chi connectivity index (χ3v) is 3.35. The molecule has 2 rings (SSSR count). The summed E-state index contributed by atoms with van der Waals surface area (Å²) in [7, 11) is 4.33.